The van der Waals surface area contributed by atoms with Crippen LogP contribution in [0.1, 0.15) is 41.5 Å². The van der Waals surface area contributed by atoms with E-state index >= 15 is 0 Å². The number of benzene rings is 1. The molecule has 1 aromatic heterocycles. The molecule has 0 fully saturated rings. The van der Waals surface area contributed by atoms with E-state index in [1.165, 1.54) is 12.1 Å². The number of carbonyl (C=O) groups excluding carboxylic acids is 1. The third kappa shape index (κ3) is 3.79. The molecule has 7 nitrogen and oxygen atoms in total. The van der Waals surface area contributed by atoms with Gasteiger partial charge in [0.05, 0.1) is 17.3 Å². The van der Waals surface area contributed by atoms with Gasteiger partial charge in [-0.05, 0) is 38.1 Å². The fourth-order valence-corrected chi connectivity index (χ4v) is 3.08. The maximum atomic E-state index is 12.2. The highest BCUT2D eigenvalue weighted by molar-refractivity contribution is 6.32. The Morgan fingerprint density at radius 2 is 2.19 bits per heavy atom. The Kier molecular flexibility index (Phi) is 5.39. The minimum absolute atomic E-state index is 0.0759. The molecule has 4 N–H and O–H groups in total. The number of carboxylic acids is 1. The number of amides is 1. The number of aromatic carboxylic acids is 1. The Balaban J connectivity index is 2.16. The fourth-order valence-electron chi connectivity index (χ4n) is 2.84. The smallest absolute Gasteiger partial charge is 0.335 e. The van der Waals surface area contributed by atoms with Crippen molar-refractivity contribution in [1.82, 2.24) is 15.3 Å². The summed E-state index contributed by atoms with van der Waals surface area (Å²) in [7, 11) is 1.83. The zero-order valence-corrected chi connectivity index (χ0v) is 14.9. The first-order valence-corrected chi connectivity index (χ1v) is 8.62. The third-order valence-electron chi connectivity index (χ3n) is 4.23. The van der Waals surface area contributed by atoms with Gasteiger partial charge in [-0.2, -0.15) is 0 Å². The molecule has 0 saturated heterocycles. The van der Waals surface area contributed by atoms with Gasteiger partial charge >= 0.3 is 5.97 Å². The van der Waals surface area contributed by atoms with Crippen molar-refractivity contribution >= 4 is 29.2 Å². The largest absolute Gasteiger partial charge is 0.478 e. The van der Waals surface area contributed by atoms with Gasteiger partial charge in [0.2, 0.25) is 5.91 Å². The van der Waals surface area contributed by atoms with E-state index in [9.17, 15) is 14.7 Å². The van der Waals surface area contributed by atoms with Crippen molar-refractivity contribution in [3.05, 3.63) is 46.9 Å². The van der Waals surface area contributed by atoms with E-state index in [-0.39, 0.29) is 17.5 Å². The number of carboxylic acid groups (broad SMARTS) is 1. The van der Waals surface area contributed by atoms with Crippen molar-refractivity contribution in [3.63, 3.8) is 0 Å². The first-order valence-electron chi connectivity index (χ1n) is 8.25. The molecule has 3 rings (SSSR count). The van der Waals surface area contributed by atoms with Crippen LogP contribution in [0.2, 0.25) is 5.15 Å². The second-order valence-electron chi connectivity index (χ2n) is 5.99. The normalized spacial score (nSPS) is 18.7. The molecule has 2 aromatic rings. The van der Waals surface area contributed by atoms with Crippen LogP contribution in [0.5, 0.6) is 0 Å². The number of hydrogen-bond donors (Lipinski definition) is 4. The minimum Gasteiger partial charge on any atom is -0.478 e. The summed E-state index contributed by atoms with van der Waals surface area (Å²) < 4.78 is 0. The lowest BCUT2D eigenvalue weighted by Gasteiger charge is -2.11. The van der Waals surface area contributed by atoms with E-state index in [0.717, 1.165) is 0 Å². The number of halogens is 1. The number of allylic oxidation sites excluding steroid dienone is 1. The number of hydrogen-bond acceptors (Lipinski definition) is 4. The van der Waals surface area contributed by atoms with Gasteiger partial charge < -0.3 is 20.7 Å². The number of rotatable bonds is 2. The molecular weight excluding hydrogens is 356 g/mol. The lowest BCUT2D eigenvalue weighted by Crippen LogP contribution is -2.17. The highest BCUT2D eigenvalue weighted by Crippen LogP contribution is 2.34. The molecule has 1 atom stereocenters. The van der Waals surface area contributed by atoms with Gasteiger partial charge in [0, 0.05) is 12.0 Å². The van der Waals surface area contributed by atoms with Crippen LogP contribution in [0.15, 0.2) is 30.4 Å². The first kappa shape index (κ1) is 18.2. The molecule has 1 amide bonds. The zero-order valence-electron chi connectivity index (χ0n) is 14.2. The number of carbonyl (C=O) groups is 2. The molecule has 1 aromatic carbocycles. The molecule has 1 aliphatic heterocycles. The van der Waals surface area contributed by atoms with E-state index in [0.29, 0.717) is 47.2 Å². The van der Waals surface area contributed by atoms with Gasteiger partial charge in [-0.25, -0.2) is 9.78 Å². The van der Waals surface area contributed by atoms with Crippen LogP contribution in [-0.2, 0) is 4.79 Å². The second kappa shape index (κ2) is 7.72. The summed E-state index contributed by atoms with van der Waals surface area (Å²) in [6.07, 6.45) is 5.59. The predicted molar refractivity (Wildman–Crippen MR) is 99.4 cm³/mol. The van der Waals surface area contributed by atoms with Crippen molar-refractivity contribution in [3.8, 4) is 11.3 Å². The van der Waals surface area contributed by atoms with Crippen LogP contribution in [-0.4, -0.2) is 34.0 Å². The average molecular weight is 375 g/mol. The first-order chi connectivity index (χ1) is 12.5. The van der Waals surface area contributed by atoms with Gasteiger partial charge in [0.15, 0.2) is 0 Å². The summed E-state index contributed by atoms with van der Waals surface area (Å²) in [6.45, 7) is 0. The van der Waals surface area contributed by atoms with Crippen LogP contribution >= 0.6 is 11.6 Å². The molecule has 1 aliphatic rings. The molecule has 2 bridgehead atoms. The highest BCUT2D eigenvalue weighted by atomic mass is 35.5. The summed E-state index contributed by atoms with van der Waals surface area (Å²) in [5.41, 5.74) is 1.44. The van der Waals surface area contributed by atoms with Crippen LogP contribution in [0.25, 0.3) is 11.3 Å². The van der Waals surface area contributed by atoms with Crippen LogP contribution in [0.4, 0.5) is 5.69 Å². The monoisotopic (exact) mass is 374 g/mol. The standard InChI is InChI=1S/C18H19ClN4O3/c1-20-13-5-3-2-4-6-14(24)21-12-8-7-10(18(25)26)9-11(12)15-16(19)23-17(13)22-15/h2-3,7-9,13,20H,4-6H2,1H3,(H,21,24)(H,22,23)(H,25,26)/b3-2+/t13-/m0/s1. The van der Waals surface area contributed by atoms with Gasteiger partial charge in [0.25, 0.3) is 0 Å². The number of fused-ring (bicyclic) bond motifs is 4. The van der Waals surface area contributed by atoms with Crippen LogP contribution < -0.4 is 10.6 Å². The average Bonchev–Trinajstić information content (AvgIpc) is 2.99. The summed E-state index contributed by atoms with van der Waals surface area (Å²) >= 11 is 6.35. The molecule has 0 unspecified atom stereocenters. The van der Waals surface area contributed by atoms with E-state index < -0.39 is 5.97 Å². The Labute approximate surface area is 155 Å². The summed E-state index contributed by atoms with van der Waals surface area (Å²) in [6, 6.07) is 4.40. The fraction of sp³-hybridized carbons (Fsp3) is 0.278. The Hall–Kier alpha value is -2.64. The van der Waals surface area contributed by atoms with Gasteiger partial charge in [-0.1, -0.05) is 23.8 Å². The van der Waals surface area contributed by atoms with Gasteiger partial charge in [-0.15, -0.1) is 0 Å². The van der Waals surface area contributed by atoms with E-state index in [1.807, 2.05) is 19.2 Å². The van der Waals surface area contributed by atoms with E-state index in [2.05, 4.69) is 20.6 Å². The van der Waals surface area contributed by atoms with Crippen LogP contribution in [0, 0.1) is 0 Å². The topological polar surface area (TPSA) is 107 Å². The van der Waals surface area contributed by atoms with Crippen LogP contribution in [0.3, 0.4) is 0 Å². The quantitative estimate of drug-likeness (QED) is 0.603. The zero-order chi connectivity index (χ0) is 18.7. The molecule has 0 radical (unpaired) electrons. The minimum atomic E-state index is -1.06. The number of H-pyrrole nitrogens is 1. The van der Waals surface area contributed by atoms with E-state index in [4.69, 9.17) is 11.6 Å². The molecule has 0 saturated carbocycles. The third-order valence-corrected chi connectivity index (χ3v) is 4.50. The van der Waals surface area contributed by atoms with Crippen molar-refractivity contribution in [2.45, 2.75) is 25.3 Å². The molecule has 0 aliphatic carbocycles. The lowest BCUT2D eigenvalue weighted by molar-refractivity contribution is -0.116. The number of anilines is 1. The number of nitrogens with one attached hydrogen (secondary N) is 3. The molecule has 26 heavy (non-hydrogen) atoms. The summed E-state index contributed by atoms with van der Waals surface area (Å²) in [5.74, 6) is -0.573. The maximum Gasteiger partial charge on any atom is 0.335 e. The Bertz CT molecular complexity index is 875. The Morgan fingerprint density at radius 3 is 2.92 bits per heavy atom. The number of aromatic amines is 1. The maximum absolute atomic E-state index is 12.2. The molecule has 8 heteroatoms. The van der Waals surface area contributed by atoms with Crippen molar-refractivity contribution in [2.24, 2.45) is 0 Å². The predicted octanol–water partition coefficient (Wildman–Crippen LogP) is 3.37. The summed E-state index contributed by atoms with van der Waals surface area (Å²) in [5, 5.41) is 15.6. The second-order valence-corrected chi connectivity index (χ2v) is 6.36. The lowest BCUT2D eigenvalue weighted by atomic mass is 10.1. The molecule has 0 spiro atoms. The summed E-state index contributed by atoms with van der Waals surface area (Å²) in [4.78, 5) is 31.2. The SMILES string of the molecule is CN[C@H]1C/C=C/CCC(=O)Nc2ccc(C(=O)O)cc2-c2nc1[nH]c2Cl. The van der Waals surface area contributed by atoms with Crippen molar-refractivity contribution in [2.75, 3.05) is 12.4 Å². The highest BCUT2D eigenvalue weighted by Gasteiger charge is 2.21. The van der Waals surface area contributed by atoms with E-state index in [1.54, 1.807) is 6.07 Å². The Morgan fingerprint density at radius 1 is 1.38 bits per heavy atom. The number of aromatic nitrogens is 2. The molecule has 136 valence electrons. The number of nitrogens with zero attached hydrogens (tertiary/aromatic N) is 1. The molecular formula is C18H19ClN4O3. The molecule has 2 heterocycles. The number of imidazole rings is 1. The van der Waals surface area contributed by atoms with Gasteiger partial charge in [-0.3, -0.25) is 4.79 Å². The van der Waals surface area contributed by atoms with Gasteiger partial charge in [0.1, 0.15) is 16.7 Å². The van der Waals surface area contributed by atoms with Crippen molar-refractivity contribution < 1.29 is 14.7 Å². The van der Waals surface area contributed by atoms with Crippen molar-refractivity contribution in [1.29, 1.82) is 0 Å².